The minimum Gasteiger partial charge on any atom is -0.391 e. The zero-order chi connectivity index (χ0) is 12.5. The second kappa shape index (κ2) is 4.78. The van der Waals surface area contributed by atoms with Crippen LogP contribution in [0.5, 0.6) is 0 Å². The Bertz CT molecular complexity index is 409. The molecule has 2 heterocycles. The van der Waals surface area contributed by atoms with Crippen LogP contribution < -0.4 is 4.90 Å². The molecule has 1 aliphatic heterocycles. The molecule has 1 N–H and O–H groups in total. The average Bonchev–Trinajstić information content (AvgIpc) is 2.27. The van der Waals surface area contributed by atoms with E-state index >= 15 is 0 Å². The van der Waals surface area contributed by atoms with E-state index in [4.69, 9.17) is 11.6 Å². The Labute approximate surface area is 107 Å². The summed E-state index contributed by atoms with van der Waals surface area (Å²) in [6.07, 6.45) is 3.81. The van der Waals surface area contributed by atoms with Gasteiger partial charge in [0.05, 0.1) is 12.2 Å². The van der Waals surface area contributed by atoms with Crippen molar-refractivity contribution < 1.29 is 5.11 Å². The van der Waals surface area contributed by atoms with E-state index in [1.54, 1.807) is 0 Å². The molecule has 0 aromatic carbocycles. The molecule has 0 radical (unpaired) electrons. The molecule has 17 heavy (non-hydrogen) atoms. The third-order valence-corrected chi connectivity index (χ3v) is 3.55. The third kappa shape index (κ3) is 2.69. The van der Waals surface area contributed by atoms with Gasteiger partial charge in [-0.3, -0.25) is 0 Å². The standard InChI is InChI=1S/C12H18ClN3O/c1-12(2)4-3-5-16(7-12)11-9(6-17)10(13)14-8-15-11/h8,17H,3-7H2,1-2H3. The summed E-state index contributed by atoms with van der Waals surface area (Å²) in [4.78, 5) is 10.4. The Morgan fingerprint density at radius 2 is 2.24 bits per heavy atom. The van der Waals surface area contributed by atoms with E-state index in [2.05, 4.69) is 28.7 Å². The number of aliphatic hydroxyl groups excluding tert-OH is 1. The fourth-order valence-electron chi connectivity index (χ4n) is 2.39. The quantitative estimate of drug-likeness (QED) is 0.824. The smallest absolute Gasteiger partial charge is 0.140 e. The molecule has 2 rings (SSSR count). The highest BCUT2D eigenvalue weighted by Crippen LogP contribution is 2.33. The van der Waals surface area contributed by atoms with Gasteiger partial charge in [-0.25, -0.2) is 9.97 Å². The number of hydrogen-bond donors (Lipinski definition) is 1. The van der Waals surface area contributed by atoms with Gasteiger partial charge in [0.25, 0.3) is 0 Å². The molecular weight excluding hydrogens is 238 g/mol. The fourth-order valence-corrected chi connectivity index (χ4v) is 2.58. The van der Waals surface area contributed by atoms with Crippen molar-refractivity contribution in [2.24, 2.45) is 5.41 Å². The van der Waals surface area contributed by atoms with Crippen molar-refractivity contribution in [3.8, 4) is 0 Å². The van der Waals surface area contributed by atoms with Crippen molar-refractivity contribution >= 4 is 17.4 Å². The van der Waals surface area contributed by atoms with Crippen LogP contribution in [0, 0.1) is 5.41 Å². The van der Waals surface area contributed by atoms with Crippen LogP contribution in [0.2, 0.25) is 5.15 Å². The number of rotatable bonds is 2. The van der Waals surface area contributed by atoms with Gasteiger partial charge in [0.2, 0.25) is 0 Å². The maximum atomic E-state index is 9.37. The lowest BCUT2D eigenvalue weighted by molar-refractivity contribution is 0.275. The van der Waals surface area contributed by atoms with Gasteiger partial charge < -0.3 is 10.0 Å². The largest absolute Gasteiger partial charge is 0.391 e. The van der Waals surface area contributed by atoms with Gasteiger partial charge in [0, 0.05) is 13.1 Å². The summed E-state index contributed by atoms with van der Waals surface area (Å²) in [5.41, 5.74) is 0.912. The van der Waals surface area contributed by atoms with Crippen LogP contribution >= 0.6 is 11.6 Å². The van der Waals surface area contributed by atoms with Crippen molar-refractivity contribution in [3.05, 3.63) is 17.0 Å². The molecule has 0 amide bonds. The molecule has 94 valence electrons. The molecule has 1 aromatic heterocycles. The Kier molecular flexibility index (Phi) is 3.54. The van der Waals surface area contributed by atoms with Crippen LogP contribution in [-0.4, -0.2) is 28.2 Å². The summed E-state index contributed by atoms with van der Waals surface area (Å²) in [5.74, 6) is 0.778. The highest BCUT2D eigenvalue weighted by molar-refractivity contribution is 6.30. The van der Waals surface area contributed by atoms with E-state index in [1.807, 2.05) is 0 Å². The lowest BCUT2D eigenvalue weighted by Crippen LogP contribution is -2.41. The molecule has 1 saturated heterocycles. The van der Waals surface area contributed by atoms with Crippen LogP contribution in [0.25, 0.3) is 0 Å². The normalized spacial score (nSPS) is 19.4. The van der Waals surface area contributed by atoms with E-state index in [-0.39, 0.29) is 12.0 Å². The van der Waals surface area contributed by atoms with Crippen LogP contribution in [0.1, 0.15) is 32.3 Å². The maximum Gasteiger partial charge on any atom is 0.140 e. The summed E-state index contributed by atoms with van der Waals surface area (Å²) in [7, 11) is 0. The van der Waals surface area contributed by atoms with Gasteiger partial charge in [0.1, 0.15) is 17.3 Å². The zero-order valence-electron chi connectivity index (χ0n) is 10.3. The second-order valence-corrected chi connectivity index (χ2v) is 5.67. The number of piperidine rings is 1. The minimum atomic E-state index is -0.119. The van der Waals surface area contributed by atoms with Crippen LogP contribution in [0.3, 0.4) is 0 Å². The lowest BCUT2D eigenvalue weighted by atomic mass is 9.84. The van der Waals surface area contributed by atoms with Gasteiger partial charge >= 0.3 is 0 Å². The molecule has 1 fully saturated rings. The van der Waals surface area contributed by atoms with Crippen molar-refractivity contribution in [2.45, 2.75) is 33.3 Å². The zero-order valence-corrected chi connectivity index (χ0v) is 11.0. The van der Waals surface area contributed by atoms with Gasteiger partial charge in [-0.15, -0.1) is 0 Å². The highest BCUT2D eigenvalue weighted by atomic mass is 35.5. The summed E-state index contributed by atoms with van der Waals surface area (Å²) >= 11 is 5.98. The molecule has 0 bridgehead atoms. The molecule has 0 aliphatic carbocycles. The number of anilines is 1. The van der Waals surface area contributed by atoms with Gasteiger partial charge in [-0.1, -0.05) is 25.4 Å². The maximum absolute atomic E-state index is 9.37. The molecule has 0 saturated carbocycles. The van der Waals surface area contributed by atoms with Crippen LogP contribution in [-0.2, 0) is 6.61 Å². The van der Waals surface area contributed by atoms with Crippen molar-refractivity contribution in [2.75, 3.05) is 18.0 Å². The SMILES string of the molecule is CC1(C)CCCN(c2ncnc(Cl)c2CO)C1. The molecule has 4 nitrogen and oxygen atoms in total. The third-order valence-electron chi connectivity index (χ3n) is 3.23. The minimum absolute atomic E-state index is 0.119. The number of nitrogens with zero attached hydrogens (tertiary/aromatic N) is 3. The van der Waals surface area contributed by atoms with E-state index in [0.717, 1.165) is 25.3 Å². The first kappa shape index (κ1) is 12.6. The summed E-state index contributed by atoms with van der Waals surface area (Å²) in [6, 6.07) is 0. The van der Waals surface area contributed by atoms with E-state index in [1.165, 1.54) is 12.7 Å². The molecule has 0 atom stereocenters. The van der Waals surface area contributed by atoms with Gasteiger partial charge in [0.15, 0.2) is 0 Å². The summed E-state index contributed by atoms with van der Waals surface area (Å²) in [5, 5.41) is 9.72. The number of hydrogen-bond acceptors (Lipinski definition) is 4. The van der Waals surface area contributed by atoms with E-state index < -0.39 is 0 Å². The number of halogens is 1. The Morgan fingerprint density at radius 3 is 2.88 bits per heavy atom. The van der Waals surface area contributed by atoms with Crippen molar-refractivity contribution in [3.63, 3.8) is 0 Å². The van der Waals surface area contributed by atoms with Crippen LogP contribution in [0.15, 0.2) is 6.33 Å². The molecule has 0 unspecified atom stereocenters. The lowest BCUT2D eigenvalue weighted by Gasteiger charge is -2.39. The number of aliphatic hydroxyl groups is 1. The molecule has 0 spiro atoms. The second-order valence-electron chi connectivity index (χ2n) is 5.31. The van der Waals surface area contributed by atoms with E-state index in [0.29, 0.717) is 10.7 Å². The van der Waals surface area contributed by atoms with Crippen molar-refractivity contribution in [1.29, 1.82) is 0 Å². The predicted molar refractivity (Wildman–Crippen MR) is 68.2 cm³/mol. The van der Waals surface area contributed by atoms with Gasteiger partial charge in [-0.2, -0.15) is 0 Å². The fraction of sp³-hybridized carbons (Fsp3) is 0.667. The van der Waals surface area contributed by atoms with Crippen molar-refractivity contribution in [1.82, 2.24) is 9.97 Å². The molecule has 1 aromatic rings. The Hall–Kier alpha value is -0.870. The molecule has 1 aliphatic rings. The monoisotopic (exact) mass is 255 g/mol. The average molecular weight is 256 g/mol. The first-order chi connectivity index (χ1) is 8.03. The Morgan fingerprint density at radius 1 is 1.47 bits per heavy atom. The number of aromatic nitrogens is 2. The van der Waals surface area contributed by atoms with Gasteiger partial charge in [-0.05, 0) is 18.3 Å². The van der Waals surface area contributed by atoms with Crippen LogP contribution in [0.4, 0.5) is 5.82 Å². The topological polar surface area (TPSA) is 49.2 Å². The highest BCUT2D eigenvalue weighted by Gasteiger charge is 2.28. The summed E-state index contributed by atoms with van der Waals surface area (Å²) in [6.45, 7) is 6.28. The van der Waals surface area contributed by atoms with E-state index in [9.17, 15) is 5.11 Å². The molecule has 5 heteroatoms. The summed E-state index contributed by atoms with van der Waals surface area (Å²) < 4.78 is 0. The molecular formula is C12H18ClN3O. The first-order valence-electron chi connectivity index (χ1n) is 5.89. The predicted octanol–water partition coefficient (Wildman–Crippen LogP) is 2.25. The first-order valence-corrected chi connectivity index (χ1v) is 6.26. The Balaban J connectivity index is 2.30.